The van der Waals surface area contributed by atoms with E-state index in [9.17, 15) is 9.59 Å². The molecule has 0 bridgehead atoms. The van der Waals surface area contributed by atoms with Gasteiger partial charge in [-0.05, 0) is 19.0 Å². The summed E-state index contributed by atoms with van der Waals surface area (Å²) in [6.07, 6.45) is 5.86. The van der Waals surface area contributed by atoms with E-state index in [4.69, 9.17) is 4.74 Å². The molecule has 7 heteroatoms. The van der Waals surface area contributed by atoms with Crippen molar-refractivity contribution in [1.29, 1.82) is 0 Å². The van der Waals surface area contributed by atoms with Crippen LogP contribution in [0.1, 0.15) is 43.1 Å². The first-order chi connectivity index (χ1) is 15.2. The highest BCUT2D eigenvalue weighted by Crippen LogP contribution is 2.05. The summed E-state index contributed by atoms with van der Waals surface area (Å²) in [7, 11) is 1.50. The van der Waals surface area contributed by atoms with Crippen molar-refractivity contribution in [1.82, 2.24) is 4.90 Å². The van der Waals surface area contributed by atoms with Crippen molar-refractivity contribution >= 4 is 12.4 Å². The Morgan fingerprint density at radius 3 is 2.19 bits per heavy atom. The number of hydrogen-bond donors (Lipinski definition) is 1. The lowest BCUT2D eigenvalue weighted by Crippen LogP contribution is -2.41. The number of morpholine rings is 1. The Bertz CT molecular complexity index is 688. The van der Waals surface area contributed by atoms with Crippen LogP contribution >= 0.6 is 0 Å². The van der Waals surface area contributed by atoms with Crippen molar-refractivity contribution in [3.8, 4) is 0 Å². The normalized spacial score (nSPS) is 12.0. The molecule has 172 valence electrons. The SMILES string of the molecule is CC.CCCc1ccccc1.CN.O=COC[n+]1ccc(C(=O)N2CCOCC2)cc1. The average Bonchev–Trinajstić information content (AvgIpc) is 2.87. The zero-order valence-corrected chi connectivity index (χ0v) is 19.3. The second-order valence-electron chi connectivity index (χ2n) is 6.13. The molecule has 0 spiro atoms. The van der Waals surface area contributed by atoms with Gasteiger partial charge in [-0.2, -0.15) is 4.57 Å². The van der Waals surface area contributed by atoms with Gasteiger partial charge in [-0.1, -0.05) is 57.5 Å². The second kappa shape index (κ2) is 19.2. The van der Waals surface area contributed by atoms with E-state index >= 15 is 0 Å². The second-order valence-corrected chi connectivity index (χ2v) is 6.13. The van der Waals surface area contributed by atoms with Gasteiger partial charge in [0.1, 0.15) is 0 Å². The average molecular weight is 433 g/mol. The lowest BCUT2D eigenvalue weighted by molar-refractivity contribution is -0.727. The van der Waals surface area contributed by atoms with Crippen LogP contribution in [0.3, 0.4) is 0 Å². The zero-order valence-electron chi connectivity index (χ0n) is 19.3. The summed E-state index contributed by atoms with van der Waals surface area (Å²) in [6, 6.07) is 14.0. The van der Waals surface area contributed by atoms with Gasteiger partial charge in [0.05, 0.1) is 18.8 Å². The Morgan fingerprint density at radius 2 is 1.68 bits per heavy atom. The summed E-state index contributed by atoms with van der Waals surface area (Å²) >= 11 is 0. The van der Waals surface area contributed by atoms with E-state index in [-0.39, 0.29) is 12.6 Å². The standard InChI is InChI=1S/C12H15N2O4.C9H12.C2H6.CH5N/c15-10-18-9-13-3-1-11(2-4-13)12(16)14-5-7-17-8-6-14;1-2-6-9-7-4-3-5-8-9;2*1-2/h1-4,10H,5-9H2;3-5,7-8H,2,6H2,1H3;1-2H3;2H2,1H3/q+1;;;. The lowest BCUT2D eigenvalue weighted by atomic mass is 10.1. The van der Waals surface area contributed by atoms with E-state index in [0.29, 0.717) is 38.3 Å². The van der Waals surface area contributed by atoms with Crippen molar-refractivity contribution < 1.29 is 23.6 Å². The van der Waals surface area contributed by atoms with Gasteiger partial charge in [0.2, 0.25) is 0 Å². The first-order valence-corrected chi connectivity index (χ1v) is 10.8. The highest BCUT2D eigenvalue weighted by Gasteiger charge is 2.19. The topological polar surface area (TPSA) is 85.7 Å². The Morgan fingerprint density at radius 1 is 1.10 bits per heavy atom. The van der Waals surface area contributed by atoms with Crippen molar-refractivity contribution in [2.45, 2.75) is 40.3 Å². The molecule has 0 radical (unpaired) electrons. The molecule has 0 atom stereocenters. The monoisotopic (exact) mass is 432 g/mol. The van der Waals surface area contributed by atoms with Gasteiger partial charge in [0.15, 0.2) is 12.4 Å². The van der Waals surface area contributed by atoms with E-state index in [1.807, 2.05) is 13.8 Å². The quantitative estimate of drug-likeness (QED) is 0.560. The number of pyridine rings is 1. The van der Waals surface area contributed by atoms with Crippen LogP contribution < -0.4 is 10.3 Å². The van der Waals surface area contributed by atoms with Gasteiger partial charge in [-0.25, -0.2) is 0 Å². The number of hydrogen-bond acceptors (Lipinski definition) is 5. The molecule has 1 aliphatic rings. The Balaban J connectivity index is 0.000000582. The van der Waals surface area contributed by atoms with Gasteiger partial charge < -0.3 is 20.1 Å². The van der Waals surface area contributed by atoms with E-state index in [1.54, 1.807) is 34.0 Å². The molecule has 7 nitrogen and oxygen atoms in total. The summed E-state index contributed by atoms with van der Waals surface area (Å²) in [4.78, 5) is 23.9. The van der Waals surface area contributed by atoms with Crippen LogP contribution in [0.4, 0.5) is 0 Å². The smallest absolute Gasteiger partial charge is 0.297 e. The highest BCUT2D eigenvalue weighted by molar-refractivity contribution is 5.94. The van der Waals surface area contributed by atoms with E-state index in [1.165, 1.54) is 25.5 Å². The molecule has 2 N–H and O–H groups in total. The predicted octanol–water partition coefficient (Wildman–Crippen LogP) is 2.82. The maximum absolute atomic E-state index is 12.1. The fourth-order valence-electron chi connectivity index (χ4n) is 2.68. The fraction of sp³-hybridized carbons (Fsp3) is 0.458. The van der Waals surface area contributed by atoms with Crippen LogP contribution in [0.2, 0.25) is 0 Å². The Kier molecular flexibility index (Phi) is 17.5. The zero-order chi connectivity index (χ0) is 23.3. The number of aryl methyl sites for hydroxylation is 1. The minimum Gasteiger partial charge on any atom is -0.407 e. The van der Waals surface area contributed by atoms with Crippen LogP contribution in [0.15, 0.2) is 54.9 Å². The molecule has 3 rings (SSSR count). The van der Waals surface area contributed by atoms with Gasteiger partial charge in [-0.3, -0.25) is 9.59 Å². The molecule has 1 amide bonds. The molecule has 0 aliphatic carbocycles. The summed E-state index contributed by atoms with van der Waals surface area (Å²) in [5.74, 6) is 0.00163. The molecular formula is C24H38N3O4+. The Labute approximate surface area is 186 Å². The van der Waals surface area contributed by atoms with E-state index in [2.05, 4.69) is 47.7 Å². The molecule has 0 saturated carbocycles. The number of amides is 1. The summed E-state index contributed by atoms with van der Waals surface area (Å²) in [6.45, 7) is 9.17. The third-order valence-electron chi connectivity index (χ3n) is 4.11. The van der Waals surface area contributed by atoms with Crippen molar-refractivity contribution in [2.75, 3.05) is 33.4 Å². The first kappa shape index (κ1) is 28.2. The third-order valence-corrected chi connectivity index (χ3v) is 4.11. The molecule has 0 unspecified atom stereocenters. The maximum Gasteiger partial charge on any atom is 0.297 e. The number of carbonyl (C=O) groups excluding carboxylic acids is 2. The molecule has 31 heavy (non-hydrogen) atoms. The van der Waals surface area contributed by atoms with Gasteiger partial charge in [0, 0.05) is 25.2 Å². The molecule has 1 aromatic heterocycles. The Hall–Kier alpha value is -2.77. The molecule has 1 aliphatic heterocycles. The molecule has 2 aromatic rings. The fourth-order valence-corrected chi connectivity index (χ4v) is 2.68. The van der Waals surface area contributed by atoms with Crippen LogP contribution in [-0.4, -0.2) is 50.6 Å². The number of carbonyl (C=O) groups is 2. The molecule has 1 fully saturated rings. The largest absolute Gasteiger partial charge is 0.407 e. The number of benzene rings is 1. The maximum atomic E-state index is 12.1. The molecular weight excluding hydrogens is 394 g/mol. The number of aromatic nitrogens is 1. The van der Waals surface area contributed by atoms with Crippen molar-refractivity contribution in [3.05, 3.63) is 66.0 Å². The van der Waals surface area contributed by atoms with Crippen LogP contribution in [0.5, 0.6) is 0 Å². The highest BCUT2D eigenvalue weighted by atomic mass is 16.5. The number of rotatable bonds is 6. The van der Waals surface area contributed by atoms with Gasteiger partial charge in [-0.15, -0.1) is 0 Å². The molecule has 1 aromatic carbocycles. The van der Waals surface area contributed by atoms with Crippen LogP contribution in [0, 0.1) is 0 Å². The molecule has 1 saturated heterocycles. The van der Waals surface area contributed by atoms with Crippen molar-refractivity contribution in [2.24, 2.45) is 5.73 Å². The number of ether oxygens (including phenoxy) is 2. The number of nitrogens with zero attached hydrogens (tertiary/aromatic N) is 2. The summed E-state index contributed by atoms with van der Waals surface area (Å²) in [5, 5.41) is 0. The number of nitrogens with two attached hydrogens (primary N) is 1. The summed E-state index contributed by atoms with van der Waals surface area (Å²) < 4.78 is 11.5. The minimum absolute atomic E-state index is 0.00163. The predicted molar refractivity (Wildman–Crippen MR) is 122 cm³/mol. The van der Waals surface area contributed by atoms with Gasteiger partial charge >= 0.3 is 0 Å². The van der Waals surface area contributed by atoms with Gasteiger partial charge in [0.25, 0.3) is 19.1 Å². The minimum atomic E-state index is 0.00163. The van der Waals surface area contributed by atoms with E-state index in [0.717, 1.165) is 0 Å². The summed E-state index contributed by atoms with van der Waals surface area (Å²) in [5.41, 5.74) is 6.57. The van der Waals surface area contributed by atoms with Crippen LogP contribution in [0.25, 0.3) is 0 Å². The van der Waals surface area contributed by atoms with Crippen LogP contribution in [-0.2, 0) is 27.4 Å². The van der Waals surface area contributed by atoms with Crippen molar-refractivity contribution in [3.63, 3.8) is 0 Å². The third kappa shape index (κ3) is 11.9. The van der Waals surface area contributed by atoms with E-state index < -0.39 is 0 Å². The lowest BCUT2D eigenvalue weighted by Gasteiger charge is -2.26. The first-order valence-electron chi connectivity index (χ1n) is 10.8. The molecule has 2 heterocycles.